The fourth-order valence-corrected chi connectivity index (χ4v) is 4.12. The second-order valence-electron chi connectivity index (χ2n) is 8.03. The molecule has 0 aromatic carbocycles. The number of allylic oxidation sites excluding steroid dienone is 3. The van der Waals surface area contributed by atoms with Gasteiger partial charge < -0.3 is 14.6 Å². The van der Waals surface area contributed by atoms with E-state index in [9.17, 15) is 4.79 Å². The number of carboxylic acids is 1. The van der Waals surface area contributed by atoms with Gasteiger partial charge in [0.05, 0.1) is 18.0 Å². The lowest BCUT2D eigenvalue weighted by molar-refractivity contribution is -0.169. The summed E-state index contributed by atoms with van der Waals surface area (Å²) in [6.07, 6.45) is 8.81. The number of aromatic nitrogens is 4. The van der Waals surface area contributed by atoms with E-state index in [1.165, 1.54) is 6.08 Å². The Morgan fingerprint density at radius 3 is 2.94 bits per heavy atom. The molecular weight excluding hydrogens is 396 g/mol. The van der Waals surface area contributed by atoms with E-state index < -0.39 is 5.97 Å². The number of hydrogen-bond donors (Lipinski definition) is 1. The van der Waals surface area contributed by atoms with Crippen molar-refractivity contribution in [2.75, 3.05) is 6.61 Å². The Morgan fingerprint density at radius 1 is 1.32 bits per heavy atom. The lowest BCUT2D eigenvalue weighted by Crippen LogP contribution is -2.22. The van der Waals surface area contributed by atoms with Gasteiger partial charge in [-0.25, -0.2) is 9.48 Å². The second-order valence-corrected chi connectivity index (χ2v) is 8.03. The van der Waals surface area contributed by atoms with E-state index in [4.69, 9.17) is 19.6 Å². The fourth-order valence-electron chi connectivity index (χ4n) is 4.12. The summed E-state index contributed by atoms with van der Waals surface area (Å²) < 4.78 is 13.3. The normalized spacial score (nSPS) is 20.6. The first-order chi connectivity index (χ1) is 15.0. The molecule has 1 aliphatic heterocycles. The van der Waals surface area contributed by atoms with Crippen LogP contribution in [0, 0.1) is 6.92 Å². The molecule has 1 saturated heterocycles. The van der Waals surface area contributed by atoms with Crippen LogP contribution in [0.5, 0.6) is 0 Å². The summed E-state index contributed by atoms with van der Waals surface area (Å²) in [6.45, 7) is 3.07. The highest BCUT2D eigenvalue weighted by atomic mass is 16.7. The van der Waals surface area contributed by atoms with Crippen LogP contribution in [0.3, 0.4) is 0 Å². The minimum absolute atomic E-state index is 0.181. The van der Waals surface area contributed by atoms with Crippen LogP contribution >= 0.6 is 0 Å². The summed E-state index contributed by atoms with van der Waals surface area (Å²) in [6, 6.07) is 3.99. The largest absolute Gasteiger partial charge is 0.478 e. The number of pyridine rings is 1. The Morgan fingerprint density at radius 2 is 2.19 bits per heavy atom. The number of rotatable bonds is 6. The van der Waals surface area contributed by atoms with Gasteiger partial charge in [0.15, 0.2) is 6.29 Å². The molecule has 1 unspecified atom stereocenters. The number of carbonyl (C=O) groups is 1. The average Bonchev–Trinajstić information content (AvgIpc) is 3.13. The number of carboxylic acid groups (broad SMARTS) is 1. The summed E-state index contributed by atoms with van der Waals surface area (Å²) >= 11 is 0. The van der Waals surface area contributed by atoms with Crippen molar-refractivity contribution in [1.29, 1.82) is 0 Å². The molecule has 31 heavy (non-hydrogen) atoms. The van der Waals surface area contributed by atoms with Crippen LogP contribution in [-0.4, -0.2) is 44.0 Å². The standard InChI is InChI=1S/C23H28N4O4/c1-15-18(17-7-5-6-16(12-17)13-21(28)29)9-10-19(24-15)23-20(27(2)26-25-23)14-31-22-8-3-4-11-30-22/h9-10,12-13,22H,3-8,11,14H2,1-2H3,(H,28,29). The predicted molar refractivity (Wildman–Crippen MR) is 115 cm³/mol. The molecule has 2 aromatic heterocycles. The number of ether oxygens (including phenoxy) is 2. The number of aliphatic carboxylic acids is 1. The molecule has 8 nitrogen and oxygen atoms in total. The Balaban J connectivity index is 1.56. The molecule has 0 radical (unpaired) electrons. The summed E-state index contributed by atoms with van der Waals surface area (Å²) in [7, 11) is 1.85. The highest BCUT2D eigenvalue weighted by Crippen LogP contribution is 2.32. The summed E-state index contributed by atoms with van der Waals surface area (Å²) in [5.41, 5.74) is 6.19. The highest BCUT2D eigenvalue weighted by Gasteiger charge is 2.20. The van der Waals surface area contributed by atoms with Gasteiger partial charge in [0.25, 0.3) is 0 Å². The third kappa shape index (κ3) is 5.08. The molecule has 2 aliphatic rings. The van der Waals surface area contributed by atoms with Crippen molar-refractivity contribution in [2.45, 2.75) is 58.3 Å². The molecule has 164 valence electrons. The summed E-state index contributed by atoms with van der Waals surface area (Å²) in [5.74, 6) is -0.909. The van der Waals surface area contributed by atoms with Crippen LogP contribution in [0.1, 0.15) is 55.5 Å². The lowest BCUT2D eigenvalue weighted by atomic mass is 9.89. The first-order valence-electron chi connectivity index (χ1n) is 10.8. The first kappa shape index (κ1) is 21.4. The van der Waals surface area contributed by atoms with Gasteiger partial charge in [0, 0.05) is 25.4 Å². The van der Waals surface area contributed by atoms with E-state index in [0.717, 1.165) is 78.9 Å². The molecular formula is C23H28N4O4. The van der Waals surface area contributed by atoms with Crippen LogP contribution in [0.25, 0.3) is 17.0 Å². The van der Waals surface area contributed by atoms with Gasteiger partial charge in [-0.1, -0.05) is 17.4 Å². The highest BCUT2D eigenvalue weighted by molar-refractivity contribution is 5.83. The van der Waals surface area contributed by atoms with Crippen molar-refractivity contribution >= 4 is 11.5 Å². The third-order valence-electron chi connectivity index (χ3n) is 5.74. The van der Waals surface area contributed by atoms with Crippen LogP contribution in [0.2, 0.25) is 0 Å². The van der Waals surface area contributed by atoms with Crippen molar-refractivity contribution in [3.63, 3.8) is 0 Å². The van der Waals surface area contributed by atoms with Gasteiger partial charge in [-0.15, -0.1) is 5.10 Å². The minimum Gasteiger partial charge on any atom is -0.478 e. The van der Waals surface area contributed by atoms with Gasteiger partial charge >= 0.3 is 5.97 Å². The van der Waals surface area contributed by atoms with E-state index in [1.807, 2.05) is 32.2 Å². The maximum absolute atomic E-state index is 11.0. The minimum atomic E-state index is -0.909. The molecule has 1 fully saturated rings. The molecule has 0 amide bonds. The Hall–Kier alpha value is -2.84. The van der Waals surface area contributed by atoms with Gasteiger partial charge in [-0.05, 0) is 68.2 Å². The van der Waals surface area contributed by atoms with Gasteiger partial charge in [0.1, 0.15) is 5.69 Å². The SMILES string of the molecule is Cc1nc(-c2nnn(C)c2COC2CCCCO2)ccc1C1=CC(=CC(=O)O)CCC1. The molecule has 8 heteroatoms. The van der Waals surface area contributed by atoms with Crippen molar-refractivity contribution < 1.29 is 19.4 Å². The van der Waals surface area contributed by atoms with Crippen LogP contribution in [0.4, 0.5) is 0 Å². The zero-order valence-corrected chi connectivity index (χ0v) is 18.0. The molecule has 0 bridgehead atoms. The monoisotopic (exact) mass is 424 g/mol. The molecule has 3 heterocycles. The second kappa shape index (κ2) is 9.53. The number of hydrogen-bond acceptors (Lipinski definition) is 6. The molecule has 0 saturated carbocycles. The zero-order chi connectivity index (χ0) is 21.8. The van der Waals surface area contributed by atoms with Crippen molar-refractivity contribution in [3.05, 3.63) is 46.8 Å². The summed E-state index contributed by atoms with van der Waals surface area (Å²) in [5, 5.41) is 17.5. The number of nitrogens with zero attached hydrogens (tertiary/aromatic N) is 4. The van der Waals surface area contributed by atoms with Gasteiger partial charge in [-0.3, -0.25) is 4.98 Å². The molecule has 1 atom stereocenters. The average molecular weight is 425 g/mol. The van der Waals surface area contributed by atoms with Crippen LogP contribution in [-0.2, 0) is 27.9 Å². The fraction of sp³-hybridized carbons (Fsp3) is 0.478. The summed E-state index contributed by atoms with van der Waals surface area (Å²) in [4.78, 5) is 15.8. The van der Waals surface area contributed by atoms with Crippen molar-refractivity contribution in [2.24, 2.45) is 7.05 Å². The van der Waals surface area contributed by atoms with Gasteiger partial charge in [0.2, 0.25) is 0 Å². The van der Waals surface area contributed by atoms with Crippen LogP contribution in [0.15, 0.2) is 29.9 Å². The predicted octanol–water partition coefficient (Wildman–Crippen LogP) is 3.81. The van der Waals surface area contributed by atoms with Gasteiger partial charge in [-0.2, -0.15) is 0 Å². The third-order valence-corrected chi connectivity index (χ3v) is 5.74. The molecule has 0 spiro atoms. The molecule has 2 aromatic rings. The topological polar surface area (TPSA) is 99.4 Å². The lowest BCUT2D eigenvalue weighted by Gasteiger charge is -2.22. The quantitative estimate of drug-likeness (QED) is 0.704. The van der Waals surface area contributed by atoms with Crippen molar-refractivity contribution in [1.82, 2.24) is 20.0 Å². The Kier molecular flexibility index (Phi) is 6.58. The van der Waals surface area contributed by atoms with E-state index in [1.54, 1.807) is 4.68 Å². The van der Waals surface area contributed by atoms with Crippen LogP contribution < -0.4 is 0 Å². The maximum Gasteiger partial charge on any atom is 0.328 e. The first-order valence-corrected chi connectivity index (χ1v) is 10.8. The zero-order valence-electron chi connectivity index (χ0n) is 18.0. The van der Waals surface area contributed by atoms with Crippen molar-refractivity contribution in [3.8, 4) is 11.4 Å². The molecule has 4 rings (SSSR count). The molecule has 1 N–H and O–H groups in total. The van der Waals surface area contributed by atoms with E-state index in [2.05, 4.69) is 10.3 Å². The Bertz CT molecular complexity index is 1020. The maximum atomic E-state index is 11.0. The smallest absolute Gasteiger partial charge is 0.328 e. The number of aryl methyl sites for hydroxylation is 2. The van der Waals surface area contributed by atoms with E-state index in [-0.39, 0.29) is 6.29 Å². The van der Waals surface area contributed by atoms with E-state index in [0.29, 0.717) is 12.3 Å². The molecule has 1 aliphatic carbocycles. The van der Waals surface area contributed by atoms with E-state index >= 15 is 0 Å². The Labute approximate surface area is 181 Å².